The smallest absolute Gasteiger partial charge is 0.350 e. The Bertz CT molecular complexity index is 462. The molecule has 1 heterocycles. The minimum absolute atomic E-state index is 0.142. The summed E-state index contributed by atoms with van der Waals surface area (Å²) in [7, 11) is 1.28. The molecule has 0 aromatic carbocycles. The number of methoxy groups -OCH3 is 1. The van der Waals surface area contributed by atoms with Crippen LogP contribution in [0.1, 0.15) is 16.1 Å². The van der Waals surface area contributed by atoms with E-state index in [2.05, 4.69) is 16.0 Å². The molecule has 1 unspecified atom stereocenters. The number of carbonyl (C=O) groups is 2. The molecular weight excluding hydrogens is 240 g/mol. The third-order valence-electron chi connectivity index (χ3n) is 1.97. The molecule has 1 rings (SSSR count). The number of rotatable bonds is 4. The van der Waals surface area contributed by atoms with Crippen LogP contribution in [0.25, 0.3) is 0 Å². The van der Waals surface area contributed by atoms with Gasteiger partial charge in [-0.3, -0.25) is 4.79 Å². The number of hydrogen-bond donors (Lipinski definition) is 2. The summed E-state index contributed by atoms with van der Waals surface area (Å²) in [6, 6.07) is 0.822. The van der Waals surface area contributed by atoms with Crippen molar-refractivity contribution in [3.8, 4) is 12.3 Å². The van der Waals surface area contributed by atoms with Crippen LogP contribution in [0.15, 0.2) is 11.4 Å². The number of terminal acetylenes is 1. The zero-order chi connectivity index (χ0) is 12.8. The third kappa shape index (κ3) is 3.31. The number of thiophene rings is 1. The molecule has 0 saturated heterocycles. The highest BCUT2D eigenvalue weighted by Gasteiger charge is 2.18. The Hall–Kier alpha value is -1.84. The van der Waals surface area contributed by atoms with E-state index in [-0.39, 0.29) is 6.42 Å². The van der Waals surface area contributed by atoms with Gasteiger partial charge in [0.25, 0.3) is 0 Å². The van der Waals surface area contributed by atoms with E-state index in [0.29, 0.717) is 10.6 Å². The first-order chi connectivity index (χ1) is 8.10. The van der Waals surface area contributed by atoms with Crippen LogP contribution in [0.5, 0.6) is 0 Å². The number of ether oxygens (including phenoxy) is 1. The van der Waals surface area contributed by atoms with Gasteiger partial charge in [0.15, 0.2) is 0 Å². The van der Waals surface area contributed by atoms with Crippen molar-refractivity contribution in [1.82, 2.24) is 0 Å². The maximum absolute atomic E-state index is 11.6. The Morgan fingerprint density at radius 3 is 3.00 bits per heavy atom. The molecule has 0 fully saturated rings. The number of anilines is 1. The summed E-state index contributed by atoms with van der Waals surface area (Å²) in [6.45, 7) is 0. The van der Waals surface area contributed by atoms with Gasteiger partial charge in [-0.2, -0.15) is 0 Å². The van der Waals surface area contributed by atoms with Crippen molar-refractivity contribution in [3.63, 3.8) is 0 Å². The Morgan fingerprint density at radius 1 is 1.71 bits per heavy atom. The van der Waals surface area contributed by atoms with Crippen molar-refractivity contribution in [2.75, 3.05) is 12.4 Å². The van der Waals surface area contributed by atoms with Gasteiger partial charge in [-0.1, -0.05) is 0 Å². The molecule has 0 spiro atoms. The first-order valence-corrected chi connectivity index (χ1v) is 5.63. The lowest BCUT2D eigenvalue weighted by molar-refractivity contribution is -0.117. The molecule has 17 heavy (non-hydrogen) atoms. The van der Waals surface area contributed by atoms with Crippen LogP contribution >= 0.6 is 11.3 Å². The summed E-state index contributed by atoms with van der Waals surface area (Å²) in [6.07, 6.45) is 5.20. The van der Waals surface area contributed by atoms with E-state index in [1.54, 1.807) is 11.4 Å². The van der Waals surface area contributed by atoms with E-state index in [9.17, 15) is 9.59 Å². The number of nitrogens with two attached hydrogens (primary N) is 1. The average molecular weight is 252 g/mol. The summed E-state index contributed by atoms with van der Waals surface area (Å²) in [5.74, 6) is 1.38. The highest BCUT2D eigenvalue weighted by atomic mass is 32.1. The molecule has 1 aromatic heterocycles. The second kappa shape index (κ2) is 6.03. The van der Waals surface area contributed by atoms with Crippen molar-refractivity contribution in [2.24, 2.45) is 5.73 Å². The molecule has 90 valence electrons. The Labute approximate surface area is 103 Å². The molecule has 0 aliphatic carbocycles. The van der Waals surface area contributed by atoms with Crippen molar-refractivity contribution in [1.29, 1.82) is 0 Å². The maximum atomic E-state index is 11.6. The zero-order valence-corrected chi connectivity index (χ0v) is 10.0. The van der Waals surface area contributed by atoms with Crippen LogP contribution in [0, 0.1) is 12.3 Å². The van der Waals surface area contributed by atoms with Crippen molar-refractivity contribution < 1.29 is 14.3 Å². The average Bonchev–Trinajstić information content (AvgIpc) is 2.76. The Balaban J connectivity index is 2.76. The first-order valence-electron chi connectivity index (χ1n) is 4.75. The Morgan fingerprint density at radius 2 is 2.41 bits per heavy atom. The zero-order valence-electron chi connectivity index (χ0n) is 9.23. The fraction of sp³-hybridized carbons (Fsp3) is 0.273. The SMILES string of the molecule is C#CCC(N)C(=O)Nc1ccsc1C(=O)OC. The van der Waals surface area contributed by atoms with E-state index in [0.717, 1.165) is 0 Å². The lowest BCUT2D eigenvalue weighted by atomic mass is 10.2. The molecule has 1 aromatic rings. The van der Waals surface area contributed by atoms with Gasteiger partial charge in [-0.15, -0.1) is 23.7 Å². The van der Waals surface area contributed by atoms with E-state index >= 15 is 0 Å². The van der Waals surface area contributed by atoms with E-state index in [1.165, 1.54) is 18.4 Å². The molecule has 0 radical (unpaired) electrons. The number of hydrogen-bond acceptors (Lipinski definition) is 5. The van der Waals surface area contributed by atoms with Crippen LogP contribution in [-0.2, 0) is 9.53 Å². The van der Waals surface area contributed by atoms with Crippen molar-refractivity contribution >= 4 is 28.9 Å². The highest BCUT2D eigenvalue weighted by molar-refractivity contribution is 7.12. The minimum Gasteiger partial charge on any atom is -0.465 e. The van der Waals surface area contributed by atoms with Crippen molar-refractivity contribution in [2.45, 2.75) is 12.5 Å². The molecule has 5 nitrogen and oxygen atoms in total. The van der Waals surface area contributed by atoms with Crippen LogP contribution in [0.2, 0.25) is 0 Å². The molecule has 0 aliphatic heterocycles. The number of carbonyl (C=O) groups excluding carboxylic acids is 2. The second-order valence-electron chi connectivity index (χ2n) is 3.16. The largest absolute Gasteiger partial charge is 0.465 e. The van der Waals surface area contributed by atoms with Gasteiger partial charge in [0.2, 0.25) is 5.91 Å². The molecule has 0 aliphatic rings. The molecule has 1 amide bonds. The normalized spacial score (nSPS) is 11.4. The lowest BCUT2D eigenvalue weighted by Gasteiger charge is -2.09. The Kier molecular flexibility index (Phi) is 4.69. The summed E-state index contributed by atoms with van der Waals surface area (Å²) >= 11 is 1.18. The van der Waals surface area contributed by atoms with Gasteiger partial charge < -0.3 is 15.8 Å². The quantitative estimate of drug-likeness (QED) is 0.614. The van der Waals surface area contributed by atoms with Gasteiger partial charge in [0.1, 0.15) is 4.88 Å². The summed E-state index contributed by atoms with van der Waals surface area (Å²) < 4.78 is 4.58. The molecule has 0 bridgehead atoms. The fourth-order valence-corrected chi connectivity index (χ4v) is 1.87. The highest BCUT2D eigenvalue weighted by Crippen LogP contribution is 2.23. The van der Waals surface area contributed by atoms with E-state index in [4.69, 9.17) is 12.2 Å². The second-order valence-corrected chi connectivity index (χ2v) is 4.08. The molecule has 6 heteroatoms. The third-order valence-corrected chi connectivity index (χ3v) is 2.86. The minimum atomic E-state index is -0.787. The summed E-state index contributed by atoms with van der Waals surface area (Å²) in [4.78, 5) is 23.3. The monoisotopic (exact) mass is 252 g/mol. The van der Waals surface area contributed by atoms with Crippen LogP contribution in [0.4, 0.5) is 5.69 Å². The predicted molar refractivity (Wildman–Crippen MR) is 65.7 cm³/mol. The van der Waals surface area contributed by atoms with E-state index in [1.807, 2.05) is 0 Å². The maximum Gasteiger partial charge on any atom is 0.350 e. The molecule has 3 N–H and O–H groups in total. The van der Waals surface area contributed by atoms with Gasteiger partial charge in [-0.25, -0.2) is 4.79 Å². The molecule has 1 atom stereocenters. The topological polar surface area (TPSA) is 81.4 Å². The summed E-state index contributed by atoms with van der Waals surface area (Å²) in [5, 5.41) is 4.22. The van der Waals surface area contributed by atoms with E-state index < -0.39 is 17.9 Å². The standard InChI is InChI=1S/C11H12N2O3S/c1-3-4-7(12)10(14)13-8-5-6-17-9(8)11(15)16-2/h1,5-7H,4,12H2,2H3,(H,13,14). The summed E-state index contributed by atoms with van der Waals surface area (Å²) in [5.41, 5.74) is 5.92. The van der Waals surface area contributed by atoms with Crippen LogP contribution in [0.3, 0.4) is 0 Å². The number of esters is 1. The van der Waals surface area contributed by atoms with Gasteiger partial charge in [0, 0.05) is 6.42 Å². The van der Waals surface area contributed by atoms with Crippen molar-refractivity contribution in [3.05, 3.63) is 16.3 Å². The molecular formula is C11H12N2O3S. The van der Waals surface area contributed by atoms with Gasteiger partial charge in [0.05, 0.1) is 18.8 Å². The van der Waals surface area contributed by atoms with Gasteiger partial charge in [-0.05, 0) is 11.4 Å². The van der Waals surface area contributed by atoms with Gasteiger partial charge >= 0.3 is 5.97 Å². The fourth-order valence-electron chi connectivity index (χ4n) is 1.10. The first kappa shape index (κ1) is 13.2. The van der Waals surface area contributed by atoms with Crippen LogP contribution in [-0.4, -0.2) is 25.0 Å². The molecule has 0 saturated carbocycles. The van der Waals surface area contributed by atoms with Crippen LogP contribution < -0.4 is 11.1 Å². The number of amides is 1. The lowest BCUT2D eigenvalue weighted by Crippen LogP contribution is -2.35. The number of nitrogens with one attached hydrogen (secondary N) is 1. The predicted octanol–water partition coefficient (Wildman–Crippen LogP) is 0.824.